The third-order valence-corrected chi connectivity index (χ3v) is 4.57. The first-order chi connectivity index (χ1) is 15.8. The summed E-state index contributed by atoms with van der Waals surface area (Å²) in [5.74, 6) is -4.88. The predicted octanol–water partition coefficient (Wildman–Crippen LogP) is 4.23. The molecule has 1 aromatic carbocycles. The van der Waals surface area contributed by atoms with Crippen molar-refractivity contribution in [3.63, 3.8) is 0 Å². The lowest BCUT2D eigenvalue weighted by atomic mass is 10.0. The molecule has 10 heteroatoms. The van der Waals surface area contributed by atoms with E-state index in [9.17, 15) is 29.1 Å². The first-order valence-corrected chi connectivity index (χ1v) is 10.6. The second kappa shape index (κ2) is 15.2. The highest BCUT2D eigenvalue weighted by Crippen LogP contribution is 2.17. The first kappa shape index (κ1) is 27.3. The zero-order valence-electron chi connectivity index (χ0n) is 18.2. The zero-order chi connectivity index (χ0) is 24.6. The van der Waals surface area contributed by atoms with Gasteiger partial charge in [0.2, 0.25) is 0 Å². The molecule has 0 aliphatic heterocycles. The van der Waals surface area contributed by atoms with Crippen molar-refractivity contribution in [2.45, 2.75) is 51.4 Å². The van der Waals surface area contributed by atoms with Gasteiger partial charge in [0.25, 0.3) is 0 Å². The van der Waals surface area contributed by atoms with Gasteiger partial charge in [-0.25, -0.2) is 24.0 Å². The van der Waals surface area contributed by atoms with Crippen LogP contribution < -0.4 is 0 Å². The van der Waals surface area contributed by atoms with Crippen LogP contribution in [0.2, 0.25) is 0 Å². The number of hydrogen-bond acceptors (Lipinski definition) is 8. The Hall–Kier alpha value is -3.69. The van der Waals surface area contributed by atoms with Gasteiger partial charge in [-0.1, -0.05) is 51.2 Å². The van der Waals surface area contributed by atoms with Crippen molar-refractivity contribution in [1.29, 1.82) is 0 Å². The minimum atomic E-state index is -1.63. The molecule has 180 valence electrons. The number of ether oxygens (including phenoxy) is 3. The second-order valence-corrected chi connectivity index (χ2v) is 7.03. The van der Waals surface area contributed by atoms with Crippen molar-refractivity contribution in [2.75, 3.05) is 13.2 Å². The number of rotatable bonds is 15. The summed E-state index contributed by atoms with van der Waals surface area (Å²) in [6, 6.07) is 3.26. The van der Waals surface area contributed by atoms with E-state index < -0.39 is 46.7 Å². The van der Waals surface area contributed by atoms with Gasteiger partial charge in [-0.15, -0.1) is 0 Å². The maximum Gasteiger partial charge on any atom is 0.516 e. The van der Waals surface area contributed by atoms with E-state index in [0.717, 1.165) is 63.2 Å². The van der Waals surface area contributed by atoms with Gasteiger partial charge in [0.1, 0.15) is 0 Å². The van der Waals surface area contributed by atoms with E-state index in [-0.39, 0.29) is 6.61 Å². The van der Waals surface area contributed by atoms with E-state index in [2.05, 4.69) is 11.3 Å². The molecule has 0 amide bonds. The van der Waals surface area contributed by atoms with Crippen molar-refractivity contribution in [2.24, 2.45) is 0 Å². The van der Waals surface area contributed by atoms with Crippen molar-refractivity contribution >= 4 is 30.0 Å². The largest absolute Gasteiger partial charge is 0.516 e. The number of unbranched alkanes of at least 4 members (excludes halogenated alkanes) is 7. The normalized spacial score (nSPS) is 10.2. The van der Waals surface area contributed by atoms with Gasteiger partial charge in [0, 0.05) is 6.08 Å². The number of carboxylic acids is 2. The Balaban J connectivity index is 2.22. The van der Waals surface area contributed by atoms with Crippen LogP contribution in [0.25, 0.3) is 0 Å². The first-order valence-electron chi connectivity index (χ1n) is 10.6. The van der Waals surface area contributed by atoms with Crippen LogP contribution in [-0.4, -0.2) is 53.5 Å². The number of carboxylic acid groups (broad SMARTS) is 2. The Bertz CT molecular complexity index is 859. The molecule has 0 unspecified atom stereocenters. The molecule has 1 rings (SSSR count). The smallest absolute Gasteiger partial charge is 0.478 e. The summed E-state index contributed by atoms with van der Waals surface area (Å²) in [7, 11) is 0. The molecule has 33 heavy (non-hydrogen) atoms. The van der Waals surface area contributed by atoms with Crippen LogP contribution >= 0.6 is 0 Å². The Morgan fingerprint density at radius 1 is 0.758 bits per heavy atom. The highest BCUT2D eigenvalue weighted by molar-refractivity contribution is 6.10. The van der Waals surface area contributed by atoms with Gasteiger partial charge in [0.05, 0.1) is 29.9 Å². The number of carbonyl (C=O) groups excluding carboxylic acids is 3. The molecule has 0 fully saturated rings. The van der Waals surface area contributed by atoms with Crippen molar-refractivity contribution in [3.05, 3.63) is 47.5 Å². The van der Waals surface area contributed by atoms with Gasteiger partial charge in [0.15, 0.2) is 0 Å². The summed E-state index contributed by atoms with van der Waals surface area (Å²) in [6.45, 7) is 3.74. The van der Waals surface area contributed by atoms with Crippen LogP contribution in [0, 0.1) is 0 Å². The molecule has 0 aliphatic carbocycles. The van der Waals surface area contributed by atoms with E-state index in [0.29, 0.717) is 13.0 Å². The molecule has 0 atom stereocenters. The molecular formula is C23H28O10. The Labute approximate surface area is 191 Å². The average Bonchev–Trinajstić information content (AvgIpc) is 2.78. The quantitative estimate of drug-likeness (QED) is 0.167. The molecular weight excluding hydrogens is 436 g/mol. The highest BCUT2D eigenvalue weighted by atomic mass is 16.7. The van der Waals surface area contributed by atoms with Crippen LogP contribution in [0.15, 0.2) is 30.9 Å². The molecule has 0 saturated heterocycles. The molecule has 1 aromatic rings. The van der Waals surface area contributed by atoms with Crippen LogP contribution in [-0.2, 0) is 19.0 Å². The second-order valence-electron chi connectivity index (χ2n) is 7.03. The standard InChI is InChI=1S/C23H28O10/c1-2-18(24)31-14-9-7-5-3-4-6-8-10-15-32-23(30)33-22(29)17-13-11-12-16(20(25)26)19(17)21(27)28/h2,11-13H,1,3-10,14-15H2,(H,25,26)(H,27,28). The number of aromatic carboxylic acids is 2. The lowest BCUT2D eigenvalue weighted by Crippen LogP contribution is -2.19. The van der Waals surface area contributed by atoms with Crippen molar-refractivity contribution in [1.82, 2.24) is 0 Å². The number of esters is 2. The fourth-order valence-corrected chi connectivity index (χ4v) is 2.94. The van der Waals surface area contributed by atoms with Gasteiger partial charge in [-0.2, -0.15) is 0 Å². The molecule has 0 saturated carbocycles. The van der Waals surface area contributed by atoms with Crippen LogP contribution in [0.5, 0.6) is 0 Å². The molecule has 0 spiro atoms. The van der Waals surface area contributed by atoms with Gasteiger partial charge in [-0.05, 0) is 25.0 Å². The molecule has 10 nitrogen and oxygen atoms in total. The van der Waals surface area contributed by atoms with Gasteiger partial charge >= 0.3 is 30.0 Å². The molecule has 0 radical (unpaired) electrons. The topological polar surface area (TPSA) is 154 Å². The third-order valence-electron chi connectivity index (χ3n) is 4.57. The molecule has 0 aromatic heterocycles. The minimum absolute atomic E-state index is 0.0295. The fourth-order valence-electron chi connectivity index (χ4n) is 2.94. The monoisotopic (exact) mass is 464 g/mol. The molecule has 2 N–H and O–H groups in total. The maximum atomic E-state index is 12.1. The van der Waals surface area contributed by atoms with E-state index >= 15 is 0 Å². The van der Waals surface area contributed by atoms with Crippen LogP contribution in [0.4, 0.5) is 4.79 Å². The summed E-state index contributed by atoms with van der Waals surface area (Å²) in [6.07, 6.45) is 7.00. The third kappa shape index (κ3) is 10.4. The van der Waals surface area contributed by atoms with Crippen molar-refractivity contribution in [3.8, 4) is 0 Å². The Kier molecular flexibility index (Phi) is 12.6. The van der Waals surface area contributed by atoms with E-state index in [4.69, 9.17) is 14.6 Å². The van der Waals surface area contributed by atoms with Crippen LogP contribution in [0.1, 0.15) is 82.4 Å². The predicted molar refractivity (Wildman–Crippen MR) is 115 cm³/mol. The molecule has 0 heterocycles. The van der Waals surface area contributed by atoms with Gasteiger partial charge in [-0.3, -0.25) is 0 Å². The lowest BCUT2D eigenvalue weighted by Gasteiger charge is -2.08. The average molecular weight is 464 g/mol. The fraction of sp³-hybridized carbons (Fsp3) is 0.435. The Morgan fingerprint density at radius 3 is 1.79 bits per heavy atom. The number of carbonyl (C=O) groups is 5. The van der Waals surface area contributed by atoms with E-state index in [1.807, 2.05) is 0 Å². The van der Waals surface area contributed by atoms with Crippen LogP contribution in [0.3, 0.4) is 0 Å². The molecule has 0 aliphatic rings. The lowest BCUT2D eigenvalue weighted by molar-refractivity contribution is -0.137. The summed E-state index contributed by atoms with van der Waals surface area (Å²) < 4.78 is 14.2. The minimum Gasteiger partial charge on any atom is -0.478 e. The number of benzene rings is 1. The van der Waals surface area contributed by atoms with Crippen molar-refractivity contribution < 1.29 is 48.4 Å². The summed E-state index contributed by atoms with van der Waals surface area (Å²) in [5, 5.41) is 18.3. The molecule has 0 bridgehead atoms. The highest BCUT2D eigenvalue weighted by Gasteiger charge is 2.26. The van der Waals surface area contributed by atoms with E-state index in [1.54, 1.807) is 0 Å². The SMILES string of the molecule is C=CC(=O)OCCCCCCCCCCOC(=O)OC(=O)c1cccc(C(=O)O)c1C(=O)O. The van der Waals surface area contributed by atoms with Gasteiger partial charge < -0.3 is 24.4 Å². The Morgan fingerprint density at radius 2 is 1.27 bits per heavy atom. The van der Waals surface area contributed by atoms with E-state index in [1.165, 1.54) is 6.07 Å². The maximum absolute atomic E-state index is 12.1. The summed E-state index contributed by atoms with van der Waals surface area (Å²) in [5.41, 5.74) is -1.92. The zero-order valence-corrected chi connectivity index (χ0v) is 18.2. The number of hydrogen-bond donors (Lipinski definition) is 2. The summed E-state index contributed by atoms with van der Waals surface area (Å²) in [4.78, 5) is 57.2. The summed E-state index contributed by atoms with van der Waals surface area (Å²) >= 11 is 0.